The first-order valence-electron chi connectivity index (χ1n) is 7.51. The van der Waals surface area contributed by atoms with Gasteiger partial charge < -0.3 is 0 Å². The van der Waals surface area contributed by atoms with Gasteiger partial charge in [0.05, 0.1) is 0 Å². The average molecular weight is 277 g/mol. The molecule has 0 radical (unpaired) electrons. The van der Waals surface area contributed by atoms with Crippen molar-refractivity contribution in [2.24, 2.45) is 11.0 Å². The van der Waals surface area contributed by atoms with Crippen LogP contribution < -0.4 is 0 Å². The molecule has 1 unspecified atom stereocenters. The molecule has 0 bridgehead atoms. The molecule has 0 saturated carbocycles. The van der Waals surface area contributed by atoms with E-state index in [0.717, 1.165) is 19.3 Å². The highest BCUT2D eigenvalue weighted by Crippen LogP contribution is 2.43. The molecule has 1 aromatic rings. The van der Waals surface area contributed by atoms with E-state index in [9.17, 15) is 0 Å². The molecular formula is C18H19N3. The second kappa shape index (κ2) is 6.02. The van der Waals surface area contributed by atoms with Gasteiger partial charge in [-0.05, 0) is 47.1 Å². The third kappa shape index (κ3) is 2.79. The third-order valence-electron chi connectivity index (χ3n) is 4.23. The summed E-state index contributed by atoms with van der Waals surface area (Å²) in [5, 5.41) is 3.83. The zero-order valence-corrected chi connectivity index (χ0v) is 12.2. The quantitative estimate of drug-likeness (QED) is 0.400. The Bertz CT molecular complexity index is 661. The van der Waals surface area contributed by atoms with E-state index in [0.29, 0.717) is 5.92 Å². The normalized spacial score (nSPS) is 21.6. The average Bonchev–Trinajstić information content (AvgIpc) is 2.91. The standard InChI is InChI=1S/C18H19N3/c1-13(20-21-19)12-16-11-10-15-8-5-9-17(18(15)16)14-6-3-2-4-7-14/h2-4,6-7,9-11,13,16H,5,8,12H2,1H3/t13-,16?/m0/s1. The van der Waals surface area contributed by atoms with E-state index in [1.807, 2.05) is 6.92 Å². The fourth-order valence-corrected chi connectivity index (χ4v) is 3.32. The van der Waals surface area contributed by atoms with Gasteiger partial charge in [-0.3, -0.25) is 0 Å². The second-order valence-electron chi connectivity index (χ2n) is 5.72. The monoisotopic (exact) mass is 277 g/mol. The zero-order valence-electron chi connectivity index (χ0n) is 12.2. The van der Waals surface area contributed by atoms with Crippen molar-refractivity contribution in [2.75, 3.05) is 0 Å². The molecule has 0 amide bonds. The van der Waals surface area contributed by atoms with Crippen LogP contribution in [-0.4, -0.2) is 6.04 Å². The van der Waals surface area contributed by atoms with E-state index in [4.69, 9.17) is 5.53 Å². The summed E-state index contributed by atoms with van der Waals surface area (Å²) < 4.78 is 0. The van der Waals surface area contributed by atoms with Crippen molar-refractivity contribution in [1.82, 2.24) is 0 Å². The van der Waals surface area contributed by atoms with E-state index in [-0.39, 0.29) is 6.04 Å². The maximum atomic E-state index is 8.59. The van der Waals surface area contributed by atoms with E-state index >= 15 is 0 Å². The summed E-state index contributed by atoms with van der Waals surface area (Å²) in [6, 6.07) is 10.6. The molecule has 0 fully saturated rings. The minimum Gasteiger partial charge on any atom is -0.0909 e. The van der Waals surface area contributed by atoms with E-state index in [1.54, 1.807) is 0 Å². The number of allylic oxidation sites excluding steroid dienone is 6. The highest BCUT2D eigenvalue weighted by atomic mass is 15.1. The molecule has 3 rings (SSSR count). The fourth-order valence-electron chi connectivity index (χ4n) is 3.32. The Hall–Kier alpha value is -2.25. The number of nitrogens with zero attached hydrogens (tertiary/aromatic N) is 3. The number of hydrogen-bond donors (Lipinski definition) is 0. The number of benzene rings is 1. The van der Waals surface area contributed by atoms with Crippen molar-refractivity contribution in [3.63, 3.8) is 0 Å². The van der Waals surface area contributed by atoms with Crippen molar-refractivity contribution in [1.29, 1.82) is 0 Å². The van der Waals surface area contributed by atoms with E-state index in [2.05, 4.69) is 58.6 Å². The predicted molar refractivity (Wildman–Crippen MR) is 86.5 cm³/mol. The van der Waals surface area contributed by atoms with Crippen LogP contribution in [0.15, 0.2) is 64.8 Å². The van der Waals surface area contributed by atoms with Gasteiger partial charge in [0.25, 0.3) is 0 Å². The Morgan fingerprint density at radius 2 is 2.14 bits per heavy atom. The maximum absolute atomic E-state index is 8.59. The van der Waals surface area contributed by atoms with E-state index in [1.165, 1.54) is 22.3 Å². The van der Waals surface area contributed by atoms with Crippen LogP contribution in [0.1, 0.15) is 31.7 Å². The van der Waals surface area contributed by atoms with Gasteiger partial charge in [-0.25, -0.2) is 0 Å². The van der Waals surface area contributed by atoms with Crippen molar-refractivity contribution >= 4 is 5.57 Å². The lowest BCUT2D eigenvalue weighted by molar-refractivity contribution is 0.588. The summed E-state index contributed by atoms with van der Waals surface area (Å²) in [5.74, 6) is 0.368. The lowest BCUT2D eigenvalue weighted by Crippen LogP contribution is -2.10. The first-order valence-corrected chi connectivity index (χ1v) is 7.51. The minimum absolute atomic E-state index is 0.0236. The summed E-state index contributed by atoms with van der Waals surface area (Å²) in [5.41, 5.74) is 14.1. The molecule has 0 N–H and O–H groups in total. The molecular weight excluding hydrogens is 258 g/mol. The molecule has 1 aromatic carbocycles. The molecule has 0 saturated heterocycles. The van der Waals surface area contributed by atoms with Crippen LogP contribution in [-0.2, 0) is 0 Å². The SMILES string of the molecule is C[C@@H](CC1C=CC2=C1C(c1ccccc1)=CCC2)N=[N+]=[N-]. The molecule has 2 aliphatic rings. The van der Waals surface area contributed by atoms with Crippen molar-refractivity contribution < 1.29 is 0 Å². The van der Waals surface area contributed by atoms with Crippen LogP contribution in [0.25, 0.3) is 16.0 Å². The van der Waals surface area contributed by atoms with Crippen molar-refractivity contribution in [3.05, 3.63) is 75.7 Å². The van der Waals surface area contributed by atoms with Gasteiger partial charge in [0, 0.05) is 16.9 Å². The zero-order chi connectivity index (χ0) is 14.7. The lowest BCUT2D eigenvalue weighted by atomic mass is 9.81. The Balaban J connectivity index is 1.90. The second-order valence-corrected chi connectivity index (χ2v) is 5.72. The van der Waals surface area contributed by atoms with Gasteiger partial charge in [0.2, 0.25) is 0 Å². The Morgan fingerprint density at radius 1 is 1.33 bits per heavy atom. The number of rotatable bonds is 4. The Morgan fingerprint density at radius 3 is 2.90 bits per heavy atom. The molecule has 3 nitrogen and oxygen atoms in total. The number of hydrogen-bond acceptors (Lipinski definition) is 1. The lowest BCUT2D eigenvalue weighted by Gasteiger charge is -2.23. The largest absolute Gasteiger partial charge is 0.0909 e. The summed E-state index contributed by atoms with van der Waals surface area (Å²) in [4.78, 5) is 2.93. The molecule has 21 heavy (non-hydrogen) atoms. The highest BCUT2D eigenvalue weighted by molar-refractivity contribution is 5.83. The summed E-state index contributed by atoms with van der Waals surface area (Å²) in [6.07, 6.45) is 9.99. The first kappa shape index (κ1) is 13.7. The molecule has 0 spiro atoms. The van der Waals surface area contributed by atoms with Crippen LogP contribution in [0.3, 0.4) is 0 Å². The van der Waals surface area contributed by atoms with Crippen molar-refractivity contribution in [3.8, 4) is 0 Å². The molecule has 0 aliphatic heterocycles. The molecule has 0 heterocycles. The van der Waals surface area contributed by atoms with Crippen LogP contribution in [0.4, 0.5) is 0 Å². The van der Waals surface area contributed by atoms with Gasteiger partial charge in [-0.2, -0.15) is 0 Å². The van der Waals surface area contributed by atoms with Gasteiger partial charge in [-0.1, -0.05) is 60.6 Å². The van der Waals surface area contributed by atoms with Crippen LogP contribution >= 0.6 is 0 Å². The Kier molecular flexibility index (Phi) is 3.94. The first-order chi connectivity index (χ1) is 10.3. The maximum Gasteiger partial charge on any atom is 0.0354 e. The smallest absolute Gasteiger partial charge is 0.0354 e. The highest BCUT2D eigenvalue weighted by Gasteiger charge is 2.27. The molecule has 3 heteroatoms. The Labute approximate surface area is 125 Å². The van der Waals surface area contributed by atoms with Crippen LogP contribution in [0.2, 0.25) is 0 Å². The van der Waals surface area contributed by atoms with Gasteiger partial charge in [0.15, 0.2) is 0 Å². The van der Waals surface area contributed by atoms with Crippen LogP contribution in [0.5, 0.6) is 0 Å². The molecule has 2 aliphatic carbocycles. The van der Waals surface area contributed by atoms with Gasteiger partial charge in [0.1, 0.15) is 0 Å². The van der Waals surface area contributed by atoms with Gasteiger partial charge in [-0.15, -0.1) is 0 Å². The van der Waals surface area contributed by atoms with Gasteiger partial charge >= 0.3 is 0 Å². The summed E-state index contributed by atoms with van der Waals surface area (Å²) in [7, 11) is 0. The topological polar surface area (TPSA) is 48.8 Å². The van der Waals surface area contributed by atoms with Crippen molar-refractivity contribution in [2.45, 2.75) is 32.2 Å². The predicted octanol–water partition coefficient (Wildman–Crippen LogP) is 5.44. The summed E-state index contributed by atoms with van der Waals surface area (Å²) >= 11 is 0. The van der Waals surface area contributed by atoms with Crippen LogP contribution in [0, 0.1) is 5.92 Å². The molecule has 2 atom stereocenters. The molecule has 0 aromatic heterocycles. The van der Waals surface area contributed by atoms with E-state index < -0.39 is 0 Å². The molecule has 106 valence electrons. The third-order valence-corrected chi connectivity index (χ3v) is 4.23. The fraction of sp³-hybridized carbons (Fsp3) is 0.333. The minimum atomic E-state index is 0.0236. The summed E-state index contributed by atoms with van der Waals surface area (Å²) in [6.45, 7) is 1.99. The number of azide groups is 1.